The van der Waals surface area contributed by atoms with Gasteiger partial charge in [0.1, 0.15) is 11.5 Å². The normalized spacial score (nSPS) is 11.7. The Kier molecular flexibility index (Phi) is 7.72. The first-order valence-electron chi connectivity index (χ1n) is 11.3. The molecule has 0 fully saturated rings. The van der Waals surface area contributed by atoms with Gasteiger partial charge in [0, 0.05) is 17.4 Å². The minimum absolute atomic E-state index is 0.108. The molecule has 4 aromatic rings. The highest BCUT2D eigenvalue weighted by Crippen LogP contribution is 2.29. The standard InChI is InChI=1S/C27H28N4O3S/c1-18-13-14-21(15-19(18)2)28-25(32)17-35-27-30-29-26(31(27)22-9-6-5-7-10-22)20(3)34-24-12-8-11-23(16-24)33-4/h5-16,20H,17H2,1-4H3,(H,28,32). The molecule has 3 aromatic carbocycles. The van der Waals surface area contributed by atoms with E-state index in [0.717, 1.165) is 16.9 Å². The topological polar surface area (TPSA) is 78.3 Å². The Hall–Kier alpha value is -3.78. The van der Waals surface area contributed by atoms with Gasteiger partial charge in [0.05, 0.1) is 12.9 Å². The number of hydrogen-bond acceptors (Lipinski definition) is 6. The van der Waals surface area contributed by atoms with E-state index in [-0.39, 0.29) is 11.7 Å². The largest absolute Gasteiger partial charge is 0.497 e. The van der Waals surface area contributed by atoms with Gasteiger partial charge in [0.15, 0.2) is 17.1 Å². The molecule has 35 heavy (non-hydrogen) atoms. The molecule has 0 saturated heterocycles. The van der Waals surface area contributed by atoms with Crippen LogP contribution in [0.2, 0.25) is 0 Å². The Morgan fingerprint density at radius 2 is 1.74 bits per heavy atom. The van der Waals surface area contributed by atoms with Gasteiger partial charge in [-0.25, -0.2) is 0 Å². The summed E-state index contributed by atoms with van der Waals surface area (Å²) in [5, 5.41) is 12.4. The molecular formula is C27H28N4O3S. The van der Waals surface area contributed by atoms with Gasteiger partial charge < -0.3 is 14.8 Å². The average Bonchev–Trinajstić information content (AvgIpc) is 3.30. The number of aromatic nitrogens is 3. The average molecular weight is 489 g/mol. The van der Waals surface area contributed by atoms with Gasteiger partial charge in [-0.3, -0.25) is 9.36 Å². The Morgan fingerprint density at radius 3 is 2.49 bits per heavy atom. The van der Waals surface area contributed by atoms with Crippen molar-refractivity contribution in [2.45, 2.75) is 32.0 Å². The number of aryl methyl sites for hydroxylation is 2. The number of carbonyl (C=O) groups is 1. The third-order valence-electron chi connectivity index (χ3n) is 5.51. The van der Waals surface area contributed by atoms with Crippen molar-refractivity contribution < 1.29 is 14.3 Å². The molecule has 0 saturated carbocycles. The highest BCUT2D eigenvalue weighted by atomic mass is 32.2. The van der Waals surface area contributed by atoms with Crippen molar-refractivity contribution >= 4 is 23.4 Å². The predicted molar refractivity (Wildman–Crippen MR) is 139 cm³/mol. The molecule has 8 heteroatoms. The number of anilines is 1. The van der Waals surface area contributed by atoms with Crippen molar-refractivity contribution in [2.75, 3.05) is 18.2 Å². The third-order valence-corrected chi connectivity index (χ3v) is 6.44. The van der Waals surface area contributed by atoms with E-state index in [4.69, 9.17) is 9.47 Å². The van der Waals surface area contributed by atoms with Crippen LogP contribution in [0, 0.1) is 13.8 Å². The summed E-state index contributed by atoms with van der Waals surface area (Å²) in [5.41, 5.74) is 4.00. The molecule has 1 atom stereocenters. The van der Waals surface area contributed by atoms with Crippen LogP contribution in [0.3, 0.4) is 0 Å². The van der Waals surface area contributed by atoms with E-state index >= 15 is 0 Å². The first kappa shape index (κ1) is 24.3. The van der Waals surface area contributed by atoms with Crippen LogP contribution in [0.15, 0.2) is 78.0 Å². The smallest absolute Gasteiger partial charge is 0.234 e. The maximum Gasteiger partial charge on any atom is 0.234 e. The molecule has 0 radical (unpaired) electrons. The van der Waals surface area contributed by atoms with Crippen LogP contribution < -0.4 is 14.8 Å². The lowest BCUT2D eigenvalue weighted by Gasteiger charge is -2.17. The maximum atomic E-state index is 12.6. The lowest BCUT2D eigenvalue weighted by molar-refractivity contribution is -0.113. The van der Waals surface area contributed by atoms with E-state index in [1.54, 1.807) is 7.11 Å². The molecule has 180 valence electrons. The van der Waals surface area contributed by atoms with E-state index < -0.39 is 6.10 Å². The summed E-state index contributed by atoms with van der Waals surface area (Å²) in [6.07, 6.45) is -0.395. The molecular weight excluding hydrogens is 460 g/mol. The van der Waals surface area contributed by atoms with E-state index in [1.165, 1.54) is 17.3 Å². The highest BCUT2D eigenvalue weighted by Gasteiger charge is 2.22. The van der Waals surface area contributed by atoms with Crippen LogP contribution in [0.5, 0.6) is 11.5 Å². The molecule has 1 N–H and O–H groups in total. The molecule has 1 unspecified atom stereocenters. The summed E-state index contributed by atoms with van der Waals surface area (Å²) in [4.78, 5) is 12.6. The molecule has 7 nitrogen and oxygen atoms in total. The number of nitrogens with one attached hydrogen (secondary N) is 1. The number of para-hydroxylation sites is 1. The fourth-order valence-electron chi connectivity index (χ4n) is 3.54. The van der Waals surface area contributed by atoms with Gasteiger partial charge in [-0.1, -0.05) is 42.1 Å². The monoisotopic (exact) mass is 488 g/mol. The Bertz CT molecular complexity index is 1310. The van der Waals surface area contributed by atoms with Crippen LogP contribution >= 0.6 is 11.8 Å². The van der Waals surface area contributed by atoms with Gasteiger partial charge in [-0.05, 0) is 68.3 Å². The molecule has 0 bridgehead atoms. The minimum Gasteiger partial charge on any atom is -0.497 e. The van der Waals surface area contributed by atoms with Crippen molar-refractivity contribution in [2.24, 2.45) is 0 Å². The maximum absolute atomic E-state index is 12.6. The number of amides is 1. The van der Waals surface area contributed by atoms with Gasteiger partial charge in [-0.2, -0.15) is 0 Å². The minimum atomic E-state index is -0.395. The zero-order valence-electron chi connectivity index (χ0n) is 20.2. The number of nitrogens with zero attached hydrogens (tertiary/aromatic N) is 3. The lowest BCUT2D eigenvalue weighted by Crippen LogP contribution is -2.15. The number of methoxy groups -OCH3 is 1. The lowest BCUT2D eigenvalue weighted by atomic mass is 10.1. The van der Waals surface area contributed by atoms with Crippen molar-refractivity contribution in [3.05, 3.63) is 89.7 Å². The van der Waals surface area contributed by atoms with E-state index in [0.29, 0.717) is 22.5 Å². The van der Waals surface area contributed by atoms with Crippen LogP contribution in [-0.4, -0.2) is 33.5 Å². The van der Waals surface area contributed by atoms with Crippen LogP contribution in [0.25, 0.3) is 5.69 Å². The van der Waals surface area contributed by atoms with Crippen molar-refractivity contribution in [3.8, 4) is 17.2 Å². The Labute approximate surface area is 209 Å². The van der Waals surface area contributed by atoms with Crippen molar-refractivity contribution in [1.82, 2.24) is 14.8 Å². The Balaban J connectivity index is 1.53. The molecule has 0 aliphatic rings. The summed E-state index contributed by atoms with van der Waals surface area (Å²) < 4.78 is 13.4. The second-order valence-electron chi connectivity index (χ2n) is 8.09. The molecule has 0 aliphatic carbocycles. The van der Waals surface area contributed by atoms with E-state index in [9.17, 15) is 4.79 Å². The summed E-state index contributed by atoms with van der Waals surface area (Å²) in [6, 6.07) is 23.1. The molecule has 1 heterocycles. The number of hydrogen-bond donors (Lipinski definition) is 1. The predicted octanol–water partition coefficient (Wildman–Crippen LogP) is 5.76. The Morgan fingerprint density at radius 1 is 0.971 bits per heavy atom. The van der Waals surface area contributed by atoms with E-state index in [1.807, 2.05) is 98.1 Å². The second kappa shape index (κ2) is 11.1. The van der Waals surface area contributed by atoms with Gasteiger partial charge in [-0.15, -0.1) is 10.2 Å². The number of thioether (sulfide) groups is 1. The highest BCUT2D eigenvalue weighted by molar-refractivity contribution is 7.99. The number of rotatable bonds is 9. The SMILES string of the molecule is COc1cccc(OC(C)c2nnc(SCC(=O)Nc3ccc(C)c(C)c3)n2-c2ccccc2)c1. The zero-order chi connectivity index (χ0) is 24.8. The van der Waals surface area contributed by atoms with E-state index in [2.05, 4.69) is 15.5 Å². The first-order valence-corrected chi connectivity index (χ1v) is 12.2. The fraction of sp³-hybridized carbons (Fsp3) is 0.222. The summed E-state index contributed by atoms with van der Waals surface area (Å²) in [7, 11) is 1.62. The van der Waals surface area contributed by atoms with Gasteiger partial charge in [0.2, 0.25) is 5.91 Å². The third kappa shape index (κ3) is 6.02. The summed E-state index contributed by atoms with van der Waals surface area (Å²) >= 11 is 1.33. The molecule has 1 amide bonds. The van der Waals surface area contributed by atoms with Crippen LogP contribution in [0.4, 0.5) is 5.69 Å². The van der Waals surface area contributed by atoms with Gasteiger partial charge >= 0.3 is 0 Å². The zero-order valence-corrected chi connectivity index (χ0v) is 21.0. The second-order valence-corrected chi connectivity index (χ2v) is 9.03. The number of benzene rings is 3. The van der Waals surface area contributed by atoms with Crippen molar-refractivity contribution in [3.63, 3.8) is 0 Å². The quantitative estimate of drug-likeness (QED) is 0.302. The summed E-state index contributed by atoms with van der Waals surface area (Å²) in [6.45, 7) is 5.99. The fourth-order valence-corrected chi connectivity index (χ4v) is 4.29. The molecule has 0 spiro atoms. The van der Waals surface area contributed by atoms with Crippen LogP contribution in [-0.2, 0) is 4.79 Å². The number of ether oxygens (including phenoxy) is 2. The van der Waals surface area contributed by atoms with Gasteiger partial charge in [0.25, 0.3) is 0 Å². The van der Waals surface area contributed by atoms with Crippen molar-refractivity contribution in [1.29, 1.82) is 0 Å². The van der Waals surface area contributed by atoms with Crippen LogP contribution in [0.1, 0.15) is 30.0 Å². The first-order chi connectivity index (χ1) is 16.9. The molecule has 4 rings (SSSR count). The molecule has 0 aliphatic heterocycles. The molecule has 1 aromatic heterocycles. The number of carbonyl (C=O) groups excluding carboxylic acids is 1. The summed E-state index contributed by atoms with van der Waals surface area (Å²) in [5.74, 6) is 2.11.